The highest BCUT2D eigenvalue weighted by Crippen LogP contribution is 2.36. The molecular weight excluding hydrogens is 362 g/mol. The lowest BCUT2D eigenvalue weighted by Crippen LogP contribution is -2.48. The molecule has 2 fully saturated rings. The maximum absolute atomic E-state index is 13.1. The van der Waals surface area contributed by atoms with Crippen molar-refractivity contribution in [1.29, 1.82) is 0 Å². The first-order valence-electron chi connectivity index (χ1n) is 9.74. The largest absolute Gasteiger partial charge is 0.486 e. The molecule has 0 spiro atoms. The number of ether oxygens (including phenoxy) is 2. The minimum absolute atomic E-state index is 0.131. The molecule has 2 atom stereocenters. The van der Waals surface area contributed by atoms with Crippen molar-refractivity contribution in [3.63, 3.8) is 0 Å². The average molecular weight is 387 g/mol. The zero-order valence-corrected chi connectivity index (χ0v) is 16.2. The van der Waals surface area contributed by atoms with Crippen LogP contribution in [0, 0.1) is 0 Å². The van der Waals surface area contributed by atoms with Crippen molar-refractivity contribution in [3.05, 3.63) is 23.8 Å². The summed E-state index contributed by atoms with van der Waals surface area (Å²) in [6.45, 7) is 4.99. The van der Waals surface area contributed by atoms with E-state index in [1.807, 2.05) is 6.92 Å². The number of likely N-dealkylation sites (tertiary alicyclic amines) is 1. The summed E-state index contributed by atoms with van der Waals surface area (Å²) in [5.74, 6) is 0.527. The molecule has 1 aromatic rings. The Hall–Kier alpha value is -2.77. The molecule has 1 aromatic carbocycles. The summed E-state index contributed by atoms with van der Waals surface area (Å²) >= 11 is 0. The van der Waals surface area contributed by atoms with Crippen LogP contribution in [0.1, 0.15) is 38.7 Å². The number of urea groups is 1. The van der Waals surface area contributed by atoms with E-state index in [1.165, 1.54) is 0 Å². The second-order valence-electron chi connectivity index (χ2n) is 7.74. The average Bonchev–Trinajstić information content (AvgIpc) is 2.92. The maximum atomic E-state index is 13.1. The van der Waals surface area contributed by atoms with E-state index in [9.17, 15) is 14.4 Å². The van der Waals surface area contributed by atoms with Gasteiger partial charge in [0.2, 0.25) is 5.91 Å². The third kappa shape index (κ3) is 3.06. The van der Waals surface area contributed by atoms with Crippen LogP contribution in [0.4, 0.5) is 4.79 Å². The van der Waals surface area contributed by atoms with E-state index >= 15 is 0 Å². The molecule has 0 aromatic heterocycles. The molecular formula is C20H25N3O5. The van der Waals surface area contributed by atoms with Crippen molar-refractivity contribution in [2.45, 2.75) is 44.7 Å². The van der Waals surface area contributed by atoms with Crippen LogP contribution < -0.4 is 14.8 Å². The minimum Gasteiger partial charge on any atom is -0.486 e. The molecule has 3 aliphatic rings. The zero-order valence-electron chi connectivity index (χ0n) is 16.2. The number of rotatable bonds is 3. The molecule has 4 rings (SSSR count). The number of carbonyl (C=O) groups excluding carboxylic acids is 3. The first kappa shape index (κ1) is 18.6. The van der Waals surface area contributed by atoms with Gasteiger partial charge in [0.25, 0.3) is 5.91 Å². The van der Waals surface area contributed by atoms with Gasteiger partial charge in [-0.3, -0.25) is 14.5 Å². The van der Waals surface area contributed by atoms with Crippen LogP contribution in [0.2, 0.25) is 0 Å². The van der Waals surface area contributed by atoms with Gasteiger partial charge in [-0.25, -0.2) is 4.79 Å². The van der Waals surface area contributed by atoms with Crippen molar-refractivity contribution in [2.24, 2.45) is 0 Å². The topological polar surface area (TPSA) is 88.2 Å². The molecule has 2 saturated heterocycles. The Bertz CT molecular complexity index is 826. The monoisotopic (exact) mass is 387 g/mol. The zero-order chi connectivity index (χ0) is 19.9. The molecule has 0 radical (unpaired) electrons. The van der Waals surface area contributed by atoms with Gasteiger partial charge in [-0.2, -0.15) is 0 Å². The third-order valence-electron chi connectivity index (χ3n) is 5.81. The van der Waals surface area contributed by atoms with Gasteiger partial charge in [-0.15, -0.1) is 0 Å². The van der Waals surface area contributed by atoms with Crippen molar-refractivity contribution < 1.29 is 23.9 Å². The first-order chi connectivity index (χ1) is 13.4. The number of nitrogens with one attached hydrogen (secondary N) is 1. The fourth-order valence-corrected chi connectivity index (χ4v) is 4.09. The van der Waals surface area contributed by atoms with Crippen LogP contribution in [0.15, 0.2) is 18.2 Å². The van der Waals surface area contributed by atoms with Crippen molar-refractivity contribution >= 4 is 17.8 Å². The summed E-state index contributed by atoms with van der Waals surface area (Å²) in [6.07, 6.45) is 2.99. The van der Waals surface area contributed by atoms with E-state index in [0.717, 1.165) is 24.2 Å². The summed E-state index contributed by atoms with van der Waals surface area (Å²) in [4.78, 5) is 41.1. The minimum atomic E-state index is -1.25. The fourth-order valence-electron chi connectivity index (χ4n) is 4.09. The standard InChI is InChI=1S/C20H25N3O5/c1-13-5-3-4-8-22(13)17(24)12-23-18(25)20(2,21-19(23)26)14-6-7-15-16(11-14)28-10-9-27-15/h6-7,11,13H,3-5,8-10,12H2,1-2H3,(H,21,26)/t13-,20+/m0/s1. The lowest BCUT2D eigenvalue weighted by atomic mass is 9.91. The predicted octanol–water partition coefficient (Wildman–Crippen LogP) is 1.63. The van der Waals surface area contributed by atoms with Crippen LogP contribution in [0.3, 0.4) is 0 Å². The molecule has 3 heterocycles. The molecule has 4 amide bonds. The number of amides is 4. The van der Waals surface area contributed by atoms with E-state index in [-0.39, 0.29) is 18.5 Å². The Morgan fingerprint density at radius 1 is 1.21 bits per heavy atom. The van der Waals surface area contributed by atoms with Gasteiger partial charge in [0.1, 0.15) is 25.3 Å². The normalized spacial score (nSPS) is 27.0. The summed E-state index contributed by atoms with van der Waals surface area (Å²) in [7, 11) is 0. The molecule has 0 aliphatic carbocycles. The van der Waals surface area contributed by atoms with Crippen LogP contribution in [-0.2, 0) is 15.1 Å². The number of fused-ring (bicyclic) bond motifs is 1. The highest BCUT2D eigenvalue weighted by atomic mass is 16.6. The van der Waals surface area contributed by atoms with E-state index in [0.29, 0.717) is 36.8 Å². The molecule has 0 bridgehead atoms. The molecule has 28 heavy (non-hydrogen) atoms. The van der Waals surface area contributed by atoms with Crippen LogP contribution >= 0.6 is 0 Å². The molecule has 3 aliphatic heterocycles. The number of piperidine rings is 1. The Kier molecular flexibility index (Phi) is 4.64. The summed E-state index contributed by atoms with van der Waals surface area (Å²) in [5.41, 5.74) is -0.655. The molecule has 8 heteroatoms. The van der Waals surface area contributed by atoms with E-state index in [2.05, 4.69) is 5.32 Å². The number of nitrogens with zero attached hydrogens (tertiary/aromatic N) is 2. The highest BCUT2D eigenvalue weighted by Gasteiger charge is 2.50. The van der Waals surface area contributed by atoms with Crippen molar-refractivity contribution in [2.75, 3.05) is 26.3 Å². The fraction of sp³-hybridized carbons (Fsp3) is 0.550. The van der Waals surface area contributed by atoms with E-state index in [1.54, 1.807) is 30.0 Å². The number of benzene rings is 1. The molecule has 0 unspecified atom stereocenters. The van der Waals surface area contributed by atoms with Gasteiger partial charge in [-0.1, -0.05) is 6.07 Å². The van der Waals surface area contributed by atoms with Gasteiger partial charge in [0, 0.05) is 12.6 Å². The quantitative estimate of drug-likeness (QED) is 0.797. The van der Waals surface area contributed by atoms with Gasteiger partial charge in [0.15, 0.2) is 11.5 Å². The molecule has 1 N–H and O–H groups in total. The Labute approximate surface area is 163 Å². The van der Waals surface area contributed by atoms with E-state index < -0.39 is 17.5 Å². The predicted molar refractivity (Wildman–Crippen MR) is 100 cm³/mol. The Morgan fingerprint density at radius 3 is 2.71 bits per heavy atom. The summed E-state index contributed by atoms with van der Waals surface area (Å²) in [6, 6.07) is 4.76. The lowest BCUT2D eigenvalue weighted by molar-refractivity contribution is -0.140. The molecule has 150 valence electrons. The number of hydrogen-bond acceptors (Lipinski definition) is 5. The van der Waals surface area contributed by atoms with Crippen molar-refractivity contribution in [1.82, 2.24) is 15.1 Å². The first-order valence-corrected chi connectivity index (χ1v) is 9.74. The third-order valence-corrected chi connectivity index (χ3v) is 5.81. The summed E-state index contributed by atoms with van der Waals surface area (Å²) < 4.78 is 11.1. The Balaban J connectivity index is 1.54. The molecule has 8 nitrogen and oxygen atoms in total. The number of imide groups is 1. The van der Waals surface area contributed by atoms with Crippen molar-refractivity contribution in [3.8, 4) is 11.5 Å². The lowest BCUT2D eigenvalue weighted by Gasteiger charge is -2.34. The second kappa shape index (κ2) is 7.00. The van der Waals surface area contributed by atoms with Gasteiger partial charge < -0.3 is 19.7 Å². The van der Waals surface area contributed by atoms with Crippen LogP contribution in [0.5, 0.6) is 11.5 Å². The smallest absolute Gasteiger partial charge is 0.325 e. The van der Waals surface area contributed by atoms with Crippen LogP contribution in [0.25, 0.3) is 0 Å². The SMILES string of the molecule is C[C@H]1CCCCN1C(=O)CN1C(=O)N[C@](C)(c2ccc3c(c2)OCCO3)C1=O. The highest BCUT2D eigenvalue weighted by molar-refractivity contribution is 6.09. The van der Waals surface area contributed by atoms with Gasteiger partial charge in [-0.05, 0) is 50.8 Å². The van der Waals surface area contributed by atoms with Gasteiger partial charge >= 0.3 is 6.03 Å². The second-order valence-corrected chi connectivity index (χ2v) is 7.74. The van der Waals surface area contributed by atoms with E-state index in [4.69, 9.17) is 9.47 Å². The molecule has 0 saturated carbocycles. The maximum Gasteiger partial charge on any atom is 0.325 e. The van der Waals surface area contributed by atoms with Gasteiger partial charge in [0.05, 0.1) is 0 Å². The number of carbonyl (C=O) groups is 3. The summed E-state index contributed by atoms with van der Waals surface area (Å²) in [5, 5.41) is 2.74. The Morgan fingerprint density at radius 2 is 1.96 bits per heavy atom. The number of hydrogen-bond donors (Lipinski definition) is 1. The van der Waals surface area contributed by atoms with Crippen LogP contribution in [-0.4, -0.2) is 60.0 Å².